The second-order valence-corrected chi connectivity index (χ2v) is 5.00. The third-order valence-corrected chi connectivity index (χ3v) is 3.35. The van der Waals surface area contributed by atoms with Crippen molar-refractivity contribution >= 4 is 0 Å². The molecule has 0 spiro atoms. The Morgan fingerprint density at radius 2 is 1.61 bits per heavy atom. The number of hydrogen-bond donors (Lipinski definition) is 1. The molecule has 1 nitrogen and oxygen atoms in total. The first kappa shape index (κ1) is 12.8. The molecule has 0 fully saturated rings. The van der Waals surface area contributed by atoms with E-state index < -0.39 is 0 Å². The molecule has 0 radical (unpaired) electrons. The minimum atomic E-state index is 0.915. The van der Waals surface area contributed by atoms with Crippen molar-refractivity contribution < 1.29 is 0 Å². The molecule has 18 heavy (non-hydrogen) atoms. The number of nitrogens with one attached hydrogen (secondary N) is 1. The molecule has 2 aromatic rings. The summed E-state index contributed by atoms with van der Waals surface area (Å²) in [5.41, 5.74) is 8.02. The van der Waals surface area contributed by atoms with Crippen molar-refractivity contribution in [3.8, 4) is 11.1 Å². The van der Waals surface area contributed by atoms with Crippen molar-refractivity contribution in [2.75, 3.05) is 7.05 Å². The van der Waals surface area contributed by atoms with Gasteiger partial charge < -0.3 is 5.32 Å². The molecule has 0 amide bonds. The number of aryl methyl sites for hydroxylation is 3. The maximum atomic E-state index is 3.21. The molecule has 0 saturated carbocycles. The van der Waals surface area contributed by atoms with E-state index in [-0.39, 0.29) is 0 Å². The summed E-state index contributed by atoms with van der Waals surface area (Å²) in [6, 6.07) is 13.4. The second kappa shape index (κ2) is 5.36. The van der Waals surface area contributed by atoms with Gasteiger partial charge in [-0.2, -0.15) is 0 Å². The van der Waals surface area contributed by atoms with Crippen LogP contribution in [0.5, 0.6) is 0 Å². The fourth-order valence-electron chi connectivity index (χ4n) is 2.39. The molecule has 2 aromatic carbocycles. The predicted octanol–water partition coefficient (Wildman–Crippen LogP) is 4.00. The Bertz CT molecular complexity index is 556. The minimum absolute atomic E-state index is 0.915. The van der Waals surface area contributed by atoms with Crippen LogP contribution in [0, 0.1) is 20.8 Å². The van der Waals surface area contributed by atoms with E-state index in [1.165, 1.54) is 33.4 Å². The highest BCUT2D eigenvalue weighted by molar-refractivity contribution is 5.71. The highest BCUT2D eigenvalue weighted by atomic mass is 14.8. The van der Waals surface area contributed by atoms with Crippen LogP contribution >= 0.6 is 0 Å². The van der Waals surface area contributed by atoms with Crippen LogP contribution in [0.15, 0.2) is 36.4 Å². The number of rotatable bonds is 3. The lowest BCUT2D eigenvalue weighted by Gasteiger charge is -2.12. The van der Waals surface area contributed by atoms with Crippen molar-refractivity contribution in [1.82, 2.24) is 5.32 Å². The summed E-state index contributed by atoms with van der Waals surface area (Å²) >= 11 is 0. The van der Waals surface area contributed by atoms with Gasteiger partial charge >= 0.3 is 0 Å². The smallest absolute Gasteiger partial charge is 0.0202 e. The average molecular weight is 239 g/mol. The van der Waals surface area contributed by atoms with Crippen molar-refractivity contribution in [2.24, 2.45) is 0 Å². The molecule has 1 heteroatoms. The van der Waals surface area contributed by atoms with Gasteiger partial charge in [-0.15, -0.1) is 0 Å². The molecule has 94 valence electrons. The van der Waals surface area contributed by atoms with E-state index in [1.54, 1.807) is 0 Å². The fraction of sp³-hybridized carbons (Fsp3) is 0.294. The van der Waals surface area contributed by atoms with E-state index in [9.17, 15) is 0 Å². The van der Waals surface area contributed by atoms with Crippen LogP contribution in [-0.4, -0.2) is 7.05 Å². The van der Waals surface area contributed by atoms with E-state index in [2.05, 4.69) is 62.5 Å². The molecule has 0 heterocycles. The maximum Gasteiger partial charge on any atom is 0.0202 e. The minimum Gasteiger partial charge on any atom is -0.316 e. The van der Waals surface area contributed by atoms with Crippen molar-refractivity contribution in [3.05, 3.63) is 58.7 Å². The Labute approximate surface area is 110 Å². The Morgan fingerprint density at radius 1 is 0.833 bits per heavy atom. The molecular formula is C17H21N. The highest BCUT2D eigenvalue weighted by Gasteiger charge is 2.06. The molecule has 0 saturated heterocycles. The van der Waals surface area contributed by atoms with Gasteiger partial charge in [0.25, 0.3) is 0 Å². The Morgan fingerprint density at radius 3 is 2.28 bits per heavy atom. The van der Waals surface area contributed by atoms with E-state index in [0.29, 0.717) is 0 Å². The molecule has 0 aliphatic carbocycles. The summed E-state index contributed by atoms with van der Waals surface area (Å²) in [4.78, 5) is 0. The summed E-state index contributed by atoms with van der Waals surface area (Å²) in [5.74, 6) is 0. The normalized spacial score (nSPS) is 10.7. The van der Waals surface area contributed by atoms with E-state index in [1.807, 2.05) is 7.05 Å². The molecule has 0 unspecified atom stereocenters. The standard InChI is InChI=1S/C17H21N/c1-12-5-8-16(14(3)9-12)17-10-15(11-18-4)7-6-13(17)2/h5-10,18H,11H2,1-4H3. The summed E-state index contributed by atoms with van der Waals surface area (Å²) in [7, 11) is 1.98. The zero-order valence-electron chi connectivity index (χ0n) is 11.7. The lowest BCUT2D eigenvalue weighted by atomic mass is 9.94. The monoisotopic (exact) mass is 239 g/mol. The SMILES string of the molecule is CNCc1ccc(C)c(-c2ccc(C)cc2C)c1. The van der Waals surface area contributed by atoms with Crippen LogP contribution < -0.4 is 5.32 Å². The maximum absolute atomic E-state index is 3.21. The van der Waals surface area contributed by atoms with Gasteiger partial charge in [-0.1, -0.05) is 35.9 Å². The summed E-state index contributed by atoms with van der Waals surface area (Å²) in [6.07, 6.45) is 0. The van der Waals surface area contributed by atoms with Crippen LogP contribution in [0.2, 0.25) is 0 Å². The third-order valence-electron chi connectivity index (χ3n) is 3.35. The molecule has 0 bridgehead atoms. The summed E-state index contributed by atoms with van der Waals surface area (Å²) < 4.78 is 0. The fourth-order valence-corrected chi connectivity index (χ4v) is 2.39. The molecule has 0 atom stereocenters. The Kier molecular flexibility index (Phi) is 3.83. The number of benzene rings is 2. The van der Waals surface area contributed by atoms with Crippen molar-refractivity contribution in [1.29, 1.82) is 0 Å². The van der Waals surface area contributed by atoms with Gasteiger partial charge in [0.1, 0.15) is 0 Å². The molecule has 1 N–H and O–H groups in total. The zero-order chi connectivity index (χ0) is 13.1. The van der Waals surface area contributed by atoms with Crippen molar-refractivity contribution in [2.45, 2.75) is 27.3 Å². The van der Waals surface area contributed by atoms with E-state index in [0.717, 1.165) is 6.54 Å². The zero-order valence-corrected chi connectivity index (χ0v) is 11.7. The topological polar surface area (TPSA) is 12.0 Å². The van der Waals surface area contributed by atoms with Crippen LogP contribution in [0.25, 0.3) is 11.1 Å². The largest absolute Gasteiger partial charge is 0.316 e. The first-order valence-electron chi connectivity index (χ1n) is 6.43. The van der Waals surface area contributed by atoms with E-state index in [4.69, 9.17) is 0 Å². The van der Waals surface area contributed by atoms with E-state index >= 15 is 0 Å². The van der Waals surface area contributed by atoms with Gasteiger partial charge in [-0.3, -0.25) is 0 Å². The van der Waals surface area contributed by atoms with Crippen LogP contribution in [0.3, 0.4) is 0 Å². The highest BCUT2D eigenvalue weighted by Crippen LogP contribution is 2.28. The molecule has 2 rings (SSSR count). The van der Waals surface area contributed by atoms with Gasteiger partial charge in [-0.25, -0.2) is 0 Å². The molecular weight excluding hydrogens is 218 g/mol. The van der Waals surface area contributed by atoms with Gasteiger partial charge in [-0.05, 0) is 61.7 Å². The van der Waals surface area contributed by atoms with Crippen molar-refractivity contribution in [3.63, 3.8) is 0 Å². The lowest BCUT2D eigenvalue weighted by Crippen LogP contribution is -2.05. The summed E-state index contributed by atoms with van der Waals surface area (Å²) in [6.45, 7) is 7.42. The first-order chi connectivity index (χ1) is 8.61. The Hall–Kier alpha value is -1.60. The van der Waals surface area contributed by atoms with Gasteiger partial charge in [0, 0.05) is 6.54 Å². The second-order valence-electron chi connectivity index (χ2n) is 5.00. The average Bonchev–Trinajstić information content (AvgIpc) is 2.33. The van der Waals surface area contributed by atoms with Crippen LogP contribution in [-0.2, 0) is 6.54 Å². The predicted molar refractivity (Wildman–Crippen MR) is 78.9 cm³/mol. The van der Waals surface area contributed by atoms with Gasteiger partial charge in [0.2, 0.25) is 0 Å². The van der Waals surface area contributed by atoms with Gasteiger partial charge in [0.15, 0.2) is 0 Å². The molecule has 0 aliphatic rings. The molecule has 0 aromatic heterocycles. The quantitative estimate of drug-likeness (QED) is 0.853. The Balaban J connectivity index is 2.51. The lowest BCUT2D eigenvalue weighted by molar-refractivity contribution is 0.818. The van der Waals surface area contributed by atoms with Crippen LogP contribution in [0.1, 0.15) is 22.3 Å². The van der Waals surface area contributed by atoms with Gasteiger partial charge in [0.05, 0.1) is 0 Å². The third kappa shape index (κ3) is 2.62. The summed E-state index contributed by atoms with van der Waals surface area (Å²) in [5, 5.41) is 3.21. The molecule has 0 aliphatic heterocycles. The number of hydrogen-bond acceptors (Lipinski definition) is 1. The van der Waals surface area contributed by atoms with Crippen LogP contribution in [0.4, 0.5) is 0 Å². The first-order valence-corrected chi connectivity index (χ1v) is 6.43.